The van der Waals surface area contributed by atoms with Gasteiger partial charge in [-0.25, -0.2) is 9.59 Å². The minimum Gasteiger partial charge on any atom is -0.324 e. The SMILES string of the molecule is C[C@]1(C2CCN(C(=O)Nc3nc(-c4ccccc4)ns3)CC2)NC(=O)NC1=O. The highest BCUT2D eigenvalue weighted by Gasteiger charge is 2.48. The Balaban J connectivity index is 1.34. The van der Waals surface area contributed by atoms with Crippen molar-refractivity contribution in [2.24, 2.45) is 5.92 Å². The molecule has 0 radical (unpaired) electrons. The Kier molecular flexibility index (Phi) is 4.71. The molecule has 0 bridgehead atoms. The zero-order valence-electron chi connectivity index (χ0n) is 15.3. The quantitative estimate of drug-likeness (QED) is 0.682. The molecule has 2 aromatic rings. The average molecular weight is 400 g/mol. The zero-order valence-corrected chi connectivity index (χ0v) is 16.1. The molecule has 2 fully saturated rings. The number of rotatable bonds is 3. The van der Waals surface area contributed by atoms with Gasteiger partial charge in [0.05, 0.1) is 0 Å². The zero-order chi connectivity index (χ0) is 19.7. The Hall–Kier alpha value is -3.01. The maximum Gasteiger partial charge on any atom is 0.323 e. The second-order valence-corrected chi connectivity index (χ2v) is 7.84. The third-order valence-corrected chi connectivity index (χ3v) is 5.97. The molecule has 2 saturated heterocycles. The van der Waals surface area contributed by atoms with E-state index in [4.69, 9.17) is 0 Å². The number of amides is 5. The summed E-state index contributed by atoms with van der Waals surface area (Å²) in [5.41, 5.74) is -0.0195. The molecule has 3 N–H and O–H groups in total. The lowest BCUT2D eigenvalue weighted by Gasteiger charge is -2.38. The van der Waals surface area contributed by atoms with Gasteiger partial charge >= 0.3 is 12.1 Å². The van der Waals surface area contributed by atoms with E-state index in [1.54, 1.807) is 11.8 Å². The lowest BCUT2D eigenvalue weighted by Crippen LogP contribution is -2.54. The first-order valence-corrected chi connectivity index (χ1v) is 9.82. The van der Waals surface area contributed by atoms with Gasteiger partial charge in [0.2, 0.25) is 5.13 Å². The van der Waals surface area contributed by atoms with Gasteiger partial charge in [-0.15, -0.1) is 0 Å². The van der Waals surface area contributed by atoms with E-state index < -0.39 is 11.6 Å². The van der Waals surface area contributed by atoms with Crippen molar-refractivity contribution in [2.45, 2.75) is 25.3 Å². The average Bonchev–Trinajstić information content (AvgIpc) is 3.27. The van der Waals surface area contributed by atoms with Crippen LogP contribution in [0.2, 0.25) is 0 Å². The first-order valence-electron chi connectivity index (χ1n) is 9.04. The third-order valence-electron chi connectivity index (χ3n) is 5.34. The Morgan fingerprint density at radius 3 is 2.61 bits per heavy atom. The van der Waals surface area contributed by atoms with Crippen LogP contribution in [0.4, 0.5) is 14.7 Å². The highest BCUT2D eigenvalue weighted by molar-refractivity contribution is 7.10. The standard InChI is InChI=1S/C18H20N6O3S/c1-18(14(25)20-15(26)22-18)12-7-9-24(10-8-12)17(27)21-16-19-13(23-28-16)11-5-3-2-4-6-11/h2-6,12H,7-10H2,1H3,(H,19,21,23,27)(H2,20,22,25,26)/t18-/m1/s1. The molecule has 1 atom stereocenters. The number of carbonyl (C=O) groups excluding carboxylic acids is 3. The molecule has 1 aromatic carbocycles. The van der Waals surface area contributed by atoms with E-state index >= 15 is 0 Å². The molecular weight excluding hydrogens is 380 g/mol. The first-order chi connectivity index (χ1) is 13.5. The summed E-state index contributed by atoms with van der Waals surface area (Å²) in [6.45, 7) is 2.74. The fourth-order valence-corrected chi connectivity index (χ4v) is 4.23. The Morgan fingerprint density at radius 1 is 1.25 bits per heavy atom. The van der Waals surface area contributed by atoms with E-state index in [0.29, 0.717) is 36.9 Å². The summed E-state index contributed by atoms with van der Waals surface area (Å²) < 4.78 is 4.29. The van der Waals surface area contributed by atoms with Crippen molar-refractivity contribution >= 4 is 34.6 Å². The van der Waals surface area contributed by atoms with Crippen molar-refractivity contribution in [3.8, 4) is 11.4 Å². The Labute approximate surface area is 165 Å². The number of benzene rings is 1. The Morgan fingerprint density at radius 2 is 1.96 bits per heavy atom. The molecule has 28 heavy (non-hydrogen) atoms. The summed E-state index contributed by atoms with van der Waals surface area (Å²) in [7, 11) is 0. The maximum absolute atomic E-state index is 12.5. The summed E-state index contributed by atoms with van der Waals surface area (Å²) >= 11 is 1.14. The molecule has 1 aromatic heterocycles. The number of hydrogen-bond donors (Lipinski definition) is 3. The molecule has 10 heteroatoms. The predicted octanol–water partition coefficient (Wildman–Crippen LogP) is 2.05. The van der Waals surface area contributed by atoms with Crippen molar-refractivity contribution in [2.75, 3.05) is 18.4 Å². The van der Waals surface area contributed by atoms with Crippen LogP contribution in [0, 0.1) is 5.92 Å². The van der Waals surface area contributed by atoms with Crippen molar-refractivity contribution in [3.63, 3.8) is 0 Å². The highest BCUT2D eigenvalue weighted by atomic mass is 32.1. The number of imide groups is 1. The first kappa shape index (κ1) is 18.4. The van der Waals surface area contributed by atoms with Gasteiger partial charge in [-0.1, -0.05) is 30.3 Å². The van der Waals surface area contributed by atoms with Gasteiger partial charge in [0.25, 0.3) is 5.91 Å². The molecule has 4 rings (SSSR count). The largest absolute Gasteiger partial charge is 0.324 e. The third kappa shape index (κ3) is 3.42. The summed E-state index contributed by atoms with van der Waals surface area (Å²) in [6.07, 6.45) is 1.26. The minimum absolute atomic E-state index is 0.0192. The number of carbonyl (C=O) groups is 3. The molecule has 5 amide bonds. The van der Waals surface area contributed by atoms with Gasteiger partial charge < -0.3 is 10.2 Å². The van der Waals surface area contributed by atoms with Crippen LogP contribution in [0.5, 0.6) is 0 Å². The van der Waals surface area contributed by atoms with E-state index in [1.807, 2.05) is 30.3 Å². The van der Waals surface area contributed by atoms with Gasteiger partial charge in [0.1, 0.15) is 5.54 Å². The van der Waals surface area contributed by atoms with Crippen molar-refractivity contribution in [1.82, 2.24) is 24.9 Å². The van der Waals surface area contributed by atoms with E-state index in [0.717, 1.165) is 17.1 Å². The number of nitrogens with one attached hydrogen (secondary N) is 3. The van der Waals surface area contributed by atoms with Crippen LogP contribution in [0.25, 0.3) is 11.4 Å². The van der Waals surface area contributed by atoms with Gasteiger partial charge in [0.15, 0.2) is 5.82 Å². The molecule has 0 aliphatic carbocycles. The maximum atomic E-state index is 12.5. The number of aromatic nitrogens is 2. The molecule has 2 aliphatic rings. The second-order valence-electron chi connectivity index (χ2n) is 7.09. The lowest BCUT2D eigenvalue weighted by molar-refractivity contribution is -0.125. The number of hydrogen-bond acceptors (Lipinski definition) is 6. The normalized spacial score (nSPS) is 22.7. The fraction of sp³-hybridized carbons (Fsp3) is 0.389. The van der Waals surface area contributed by atoms with Crippen LogP contribution in [-0.2, 0) is 4.79 Å². The van der Waals surface area contributed by atoms with Gasteiger partial charge in [0, 0.05) is 30.2 Å². The topological polar surface area (TPSA) is 116 Å². The Bertz CT molecular complexity index is 909. The second kappa shape index (κ2) is 7.19. The van der Waals surface area contributed by atoms with Crippen LogP contribution in [0.1, 0.15) is 19.8 Å². The monoisotopic (exact) mass is 400 g/mol. The molecule has 2 aliphatic heterocycles. The summed E-state index contributed by atoms with van der Waals surface area (Å²) in [6, 6.07) is 8.87. The van der Waals surface area contributed by atoms with E-state index in [1.165, 1.54) is 0 Å². The molecule has 9 nitrogen and oxygen atoms in total. The van der Waals surface area contributed by atoms with Crippen LogP contribution < -0.4 is 16.0 Å². The minimum atomic E-state index is -0.913. The smallest absolute Gasteiger partial charge is 0.323 e. The molecule has 146 valence electrons. The van der Waals surface area contributed by atoms with Gasteiger partial charge in [-0.2, -0.15) is 9.36 Å². The van der Waals surface area contributed by atoms with Gasteiger partial charge in [-0.05, 0) is 25.7 Å². The highest BCUT2D eigenvalue weighted by Crippen LogP contribution is 2.31. The van der Waals surface area contributed by atoms with E-state index in [-0.39, 0.29) is 17.9 Å². The van der Waals surface area contributed by atoms with E-state index in [2.05, 4.69) is 25.3 Å². The summed E-state index contributed by atoms with van der Waals surface area (Å²) in [4.78, 5) is 42.1. The fourth-order valence-electron chi connectivity index (χ4n) is 3.65. The van der Waals surface area contributed by atoms with Crippen LogP contribution >= 0.6 is 11.5 Å². The summed E-state index contributed by atoms with van der Waals surface area (Å²) in [5.74, 6) is 0.257. The van der Waals surface area contributed by atoms with Crippen molar-refractivity contribution in [3.05, 3.63) is 30.3 Å². The number of piperidine rings is 1. The van der Waals surface area contributed by atoms with Crippen molar-refractivity contribution in [1.29, 1.82) is 0 Å². The van der Waals surface area contributed by atoms with Crippen molar-refractivity contribution < 1.29 is 14.4 Å². The van der Waals surface area contributed by atoms with E-state index in [9.17, 15) is 14.4 Å². The predicted molar refractivity (Wildman–Crippen MR) is 104 cm³/mol. The molecule has 0 spiro atoms. The number of nitrogens with zero attached hydrogens (tertiary/aromatic N) is 3. The van der Waals surface area contributed by atoms with Gasteiger partial charge in [-0.3, -0.25) is 15.4 Å². The lowest BCUT2D eigenvalue weighted by atomic mass is 9.79. The number of urea groups is 2. The summed E-state index contributed by atoms with van der Waals surface area (Å²) in [5, 5.41) is 8.25. The molecular formula is C18H20N6O3S. The molecule has 0 saturated carbocycles. The molecule has 0 unspecified atom stereocenters. The molecule has 3 heterocycles. The van der Waals surface area contributed by atoms with Crippen LogP contribution in [-0.4, -0.2) is 50.9 Å². The van der Waals surface area contributed by atoms with Crippen LogP contribution in [0.3, 0.4) is 0 Å². The number of anilines is 1. The number of likely N-dealkylation sites (tertiary alicyclic amines) is 1. The van der Waals surface area contributed by atoms with Crippen LogP contribution in [0.15, 0.2) is 30.3 Å².